The van der Waals surface area contributed by atoms with Crippen molar-refractivity contribution in [3.63, 3.8) is 0 Å². The maximum atomic E-state index is 11.6. The van der Waals surface area contributed by atoms with Crippen molar-refractivity contribution in [3.8, 4) is 0 Å². The normalized spacial score (nSPS) is 22.1. The highest BCUT2D eigenvalue weighted by molar-refractivity contribution is 8.00. The van der Waals surface area contributed by atoms with Crippen LogP contribution < -0.4 is 5.73 Å². The highest BCUT2D eigenvalue weighted by Gasteiger charge is 2.43. The standard InChI is InChI=1S/C9H10N2O5S/c10-9(14)16-4-15-8(13)5-1-2-17-7-3-6(12)11(5)7/h1,7H,2-4H2,(H2,10,14)/t7-/m1/s1. The van der Waals surface area contributed by atoms with Gasteiger partial charge in [-0.15, -0.1) is 11.8 Å². The van der Waals surface area contributed by atoms with Gasteiger partial charge in [-0.05, 0) is 6.08 Å². The van der Waals surface area contributed by atoms with Gasteiger partial charge in [-0.2, -0.15) is 0 Å². The van der Waals surface area contributed by atoms with Crippen LogP contribution in [0.1, 0.15) is 6.42 Å². The Bertz CT molecular complexity index is 408. The Kier molecular flexibility index (Phi) is 3.23. The van der Waals surface area contributed by atoms with Crippen molar-refractivity contribution in [2.75, 3.05) is 12.5 Å². The Labute approximate surface area is 101 Å². The molecule has 1 fully saturated rings. The van der Waals surface area contributed by atoms with Crippen molar-refractivity contribution in [2.45, 2.75) is 11.8 Å². The molecule has 0 radical (unpaired) electrons. The van der Waals surface area contributed by atoms with Gasteiger partial charge in [-0.1, -0.05) is 0 Å². The summed E-state index contributed by atoms with van der Waals surface area (Å²) in [4.78, 5) is 34.6. The zero-order valence-electron chi connectivity index (χ0n) is 8.75. The number of esters is 1. The molecule has 0 aromatic rings. The van der Waals surface area contributed by atoms with Gasteiger partial charge in [0.2, 0.25) is 12.7 Å². The lowest BCUT2D eigenvalue weighted by molar-refractivity contribution is -0.154. The van der Waals surface area contributed by atoms with Crippen LogP contribution in [0.4, 0.5) is 4.79 Å². The lowest BCUT2D eigenvalue weighted by Crippen LogP contribution is -2.53. The second kappa shape index (κ2) is 4.66. The van der Waals surface area contributed by atoms with Gasteiger partial charge in [0.15, 0.2) is 0 Å². The van der Waals surface area contributed by atoms with Gasteiger partial charge < -0.3 is 15.2 Å². The molecule has 2 rings (SSSR count). The molecule has 0 aromatic heterocycles. The van der Waals surface area contributed by atoms with Gasteiger partial charge in [0.1, 0.15) is 5.70 Å². The highest BCUT2D eigenvalue weighted by atomic mass is 32.2. The fraction of sp³-hybridized carbons (Fsp3) is 0.444. The monoisotopic (exact) mass is 258 g/mol. The number of carbonyl (C=O) groups is 3. The number of β-lactam (4-membered cyclic amide) rings is 1. The van der Waals surface area contributed by atoms with E-state index in [1.165, 1.54) is 4.90 Å². The lowest BCUT2D eigenvalue weighted by Gasteiger charge is -2.42. The highest BCUT2D eigenvalue weighted by Crippen LogP contribution is 2.37. The summed E-state index contributed by atoms with van der Waals surface area (Å²) in [7, 11) is 0. The molecular formula is C9H10N2O5S. The zero-order valence-corrected chi connectivity index (χ0v) is 9.57. The second-order valence-electron chi connectivity index (χ2n) is 3.36. The Morgan fingerprint density at radius 2 is 2.29 bits per heavy atom. The smallest absolute Gasteiger partial charge is 0.407 e. The molecule has 2 heterocycles. The van der Waals surface area contributed by atoms with Crippen LogP contribution in [-0.2, 0) is 19.1 Å². The van der Waals surface area contributed by atoms with Crippen LogP contribution in [0, 0.1) is 0 Å². The van der Waals surface area contributed by atoms with Gasteiger partial charge in [0.25, 0.3) is 0 Å². The van der Waals surface area contributed by atoms with E-state index in [0.29, 0.717) is 12.2 Å². The van der Waals surface area contributed by atoms with E-state index < -0.39 is 18.9 Å². The minimum atomic E-state index is -1.02. The summed E-state index contributed by atoms with van der Waals surface area (Å²) in [6.45, 7) is -0.550. The third kappa shape index (κ3) is 2.36. The summed E-state index contributed by atoms with van der Waals surface area (Å²) >= 11 is 1.58. The Morgan fingerprint density at radius 3 is 2.94 bits per heavy atom. The molecular weight excluding hydrogens is 248 g/mol. The van der Waals surface area contributed by atoms with Crippen molar-refractivity contribution >= 4 is 29.7 Å². The van der Waals surface area contributed by atoms with Crippen LogP contribution in [0.5, 0.6) is 0 Å². The molecule has 0 spiro atoms. The average molecular weight is 258 g/mol. The minimum Gasteiger partial charge on any atom is -0.423 e. The lowest BCUT2D eigenvalue weighted by atomic mass is 10.1. The van der Waals surface area contributed by atoms with E-state index in [1.807, 2.05) is 0 Å². The van der Waals surface area contributed by atoms with Crippen molar-refractivity contribution < 1.29 is 23.9 Å². The first-order valence-corrected chi connectivity index (χ1v) is 5.87. The first kappa shape index (κ1) is 11.8. The van der Waals surface area contributed by atoms with E-state index in [9.17, 15) is 14.4 Å². The summed E-state index contributed by atoms with van der Waals surface area (Å²) < 4.78 is 8.93. The molecule has 2 amide bonds. The molecule has 7 nitrogen and oxygen atoms in total. The van der Waals surface area contributed by atoms with Crippen LogP contribution >= 0.6 is 11.8 Å². The number of hydrogen-bond acceptors (Lipinski definition) is 6. The summed E-state index contributed by atoms with van der Waals surface area (Å²) in [5.41, 5.74) is 4.91. The van der Waals surface area contributed by atoms with Crippen molar-refractivity contribution in [1.29, 1.82) is 0 Å². The largest absolute Gasteiger partial charge is 0.423 e. The number of nitrogens with two attached hydrogens (primary N) is 1. The number of carbonyl (C=O) groups excluding carboxylic acids is 3. The van der Waals surface area contributed by atoms with Crippen LogP contribution in [-0.4, -0.2) is 40.8 Å². The predicted octanol–water partition coefficient (Wildman–Crippen LogP) is -0.229. The summed E-state index contributed by atoms with van der Waals surface area (Å²) in [5, 5.41) is 0.0205. The fourth-order valence-corrected chi connectivity index (χ4v) is 2.66. The summed E-state index contributed by atoms with van der Waals surface area (Å²) in [6.07, 6.45) is 1.03. The minimum absolute atomic E-state index is 0.0205. The molecule has 0 bridgehead atoms. The van der Waals surface area contributed by atoms with E-state index in [2.05, 4.69) is 9.47 Å². The third-order valence-corrected chi connectivity index (χ3v) is 3.45. The van der Waals surface area contributed by atoms with Crippen LogP contribution in [0.15, 0.2) is 11.8 Å². The van der Waals surface area contributed by atoms with Crippen LogP contribution in [0.3, 0.4) is 0 Å². The topological polar surface area (TPSA) is 98.9 Å². The maximum Gasteiger partial charge on any atom is 0.407 e. The number of rotatable bonds is 3. The van der Waals surface area contributed by atoms with Crippen molar-refractivity contribution in [1.82, 2.24) is 4.90 Å². The van der Waals surface area contributed by atoms with Crippen molar-refractivity contribution in [2.24, 2.45) is 5.73 Å². The van der Waals surface area contributed by atoms with E-state index in [1.54, 1.807) is 17.8 Å². The first-order chi connectivity index (χ1) is 8.09. The van der Waals surface area contributed by atoms with Gasteiger partial charge in [0.05, 0.1) is 11.8 Å². The zero-order chi connectivity index (χ0) is 12.4. The molecule has 8 heteroatoms. The SMILES string of the molecule is NC(=O)OCOC(=O)C1=CCS[C@@H]2CC(=O)N12. The number of fused-ring (bicyclic) bond motifs is 1. The number of primary amides is 1. The van der Waals surface area contributed by atoms with Gasteiger partial charge in [-0.3, -0.25) is 9.69 Å². The van der Waals surface area contributed by atoms with Gasteiger partial charge in [-0.25, -0.2) is 9.59 Å². The molecule has 92 valence electrons. The molecule has 2 aliphatic heterocycles. The molecule has 2 aliphatic rings. The molecule has 17 heavy (non-hydrogen) atoms. The van der Waals surface area contributed by atoms with E-state index in [4.69, 9.17) is 5.73 Å². The molecule has 0 unspecified atom stereocenters. The Balaban J connectivity index is 1.92. The molecule has 1 saturated heterocycles. The molecule has 0 saturated carbocycles. The quantitative estimate of drug-likeness (QED) is 0.426. The van der Waals surface area contributed by atoms with Gasteiger partial charge in [0, 0.05) is 5.75 Å². The Morgan fingerprint density at radius 1 is 1.53 bits per heavy atom. The maximum absolute atomic E-state index is 11.6. The average Bonchev–Trinajstić information content (AvgIpc) is 2.26. The Hall–Kier alpha value is -1.70. The number of thioether (sulfide) groups is 1. The molecule has 1 atom stereocenters. The number of ether oxygens (including phenoxy) is 2. The fourth-order valence-electron chi connectivity index (χ4n) is 1.54. The van der Waals surface area contributed by atoms with Crippen LogP contribution in [0.2, 0.25) is 0 Å². The van der Waals surface area contributed by atoms with E-state index in [0.717, 1.165) is 0 Å². The summed E-state index contributed by atoms with van der Waals surface area (Å²) in [6, 6.07) is 0. The predicted molar refractivity (Wildman–Crippen MR) is 57.4 cm³/mol. The third-order valence-electron chi connectivity index (χ3n) is 2.33. The number of nitrogens with zero attached hydrogens (tertiary/aromatic N) is 1. The van der Waals surface area contributed by atoms with E-state index in [-0.39, 0.29) is 17.0 Å². The molecule has 2 N–H and O–H groups in total. The molecule has 0 aromatic carbocycles. The number of hydrogen-bond donors (Lipinski definition) is 1. The van der Waals surface area contributed by atoms with Crippen molar-refractivity contribution in [3.05, 3.63) is 11.8 Å². The second-order valence-corrected chi connectivity index (χ2v) is 4.57. The summed E-state index contributed by atoms with van der Waals surface area (Å²) in [5.74, 6) is -0.152. The van der Waals surface area contributed by atoms with Gasteiger partial charge >= 0.3 is 12.1 Å². The number of amides is 2. The first-order valence-electron chi connectivity index (χ1n) is 4.83. The van der Waals surface area contributed by atoms with E-state index >= 15 is 0 Å². The molecule has 0 aliphatic carbocycles. The van der Waals surface area contributed by atoms with Crippen LogP contribution in [0.25, 0.3) is 0 Å².